The van der Waals surface area contributed by atoms with Gasteiger partial charge in [-0.05, 0) is 37.0 Å². The van der Waals surface area contributed by atoms with Crippen LogP contribution < -0.4 is 20.7 Å². The summed E-state index contributed by atoms with van der Waals surface area (Å²) in [5, 5.41) is 14.3. The van der Waals surface area contributed by atoms with Crippen molar-refractivity contribution in [2.45, 2.75) is 51.4 Å². The lowest BCUT2D eigenvalue weighted by Crippen LogP contribution is -2.51. The van der Waals surface area contributed by atoms with Crippen LogP contribution in [0.2, 0.25) is 5.02 Å². The van der Waals surface area contributed by atoms with E-state index in [1.807, 2.05) is 19.9 Å². The Balaban J connectivity index is 1.34. The number of ether oxygens (including phenoxy) is 1. The van der Waals surface area contributed by atoms with Gasteiger partial charge in [-0.2, -0.15) is 15.2 Å². The van der Waals surface area contributed by atoms with Crippen molar-refractivity contribution in [2.75, 3.05) is 50.0 Å². The number of nitrogens with zero attached hydrogens (tertiary/aromatic N) is 5. The van der Waals surface area contributed by atoms with E-state index in [-0.39, 0.29) is 72.4 Å². The van der Waals surface area contributed by atoms with E-state index >= 15 is 4.39 Å². The van der Waals surface area contributed by atoms with Crippen LogP contribution in [0.4, 0.5) is 24.0 Å². The molecule has 2 aromatic heterocycles. The summed E-state index contributed by atoms with van der Waals surface area (Å²) in [5.74, 6) is -0.757. The van der Waals surface area contributed by atoms with Gasteiger partial charge in [-0.1, -0.05) is 31.5 Å². The number of nitriles is 1. The zero-order valence-corrected chi connectivity index (χ0v) is 26.5. The molecule has 0 aliphatic carbocycles. The smallest absolute Gasteiger partial charge is 0.319 e. The molecule has 3 aliphatic rings. The number of likely N-dealkylation sites (tertiary alicyclic amines) is 1. The lowest BCUT2D eigenvalue weighted by molar-refractivity contribution is 0.119. The molecule has 45 heavy (non-hydrogen) atoms. The van der Waals surface area contributed by atoms with Crippen molar-refractivity contribution in [1.82, 2.24) is 20.2 Å². The van der Waals surface area contributed by atoms with Crippen LogP contribution in [0.25, 0.3) is 32.1 Å². The van der Waals surface area contributed by atoms with Crippen molar-refractivity contribution in [3.8, 4) is 23.2 Å². The molecule has 0 saturated carbocycles. The lowest BCUT2D eigenvalue weighted by Gasteiger charge is -2.34. The molecule has 7 rings (SSSR count). The van der Waals surface area contributed by atoms with Gasteiger partial charge in [-0.25, -0.2) is 13.2 Å². The van der Waals surface area contributed by atoms with E-state index in [1.165, 1.54) is 12.1 Å². The number of benzene rings is 2. The van der Waals surface area contributed by atoms with E-state index < -0.39 is 17.8 Å². The van der Waals surface area contributed by atoms with Crippen LogP contribution in [-0.4, -0.2) is 72.5 Å². The minimum absolute atomic E-state index is 0.00501. The first-order valence-corrected chi connectivity index (χ1v) is 16.3. The van der Waals surface area contributed by atoms with Gasteiger partial charge in [0.25, 0.3) is 0 Å². The average molecular weight is 656 g/mol. The standard InChI is InChI=1S/C32H33ClF3N7OS/c1-32(2,14-42-8-7-16(34)11-42)15-44-31-40-27-20(30(41-31)43-12-17-3-4-18(13-43)39-17)9-22(33)25(26(27)36)19-5-6-23(35)28-24(19)21(10-37)29(38)45-28/h5-6,9,16-18,39H,3-4,7-8,11-15,38H2,1-2H3/t16-,17?,18?/m1/s1. The van der Waals surface area contributed by atoms with Gasteiger partial charge >= 0.3 is 6.01 Å². The molecular weight excluding hydrogens is 623 g/mol. The quantitative estimate of drug-likeness (QED) is 0.240. The largest absolute Gasteiger partial charge is 0.463 e. The summed E-state index contributed by atoms with van der Waals surface area (Å²) in [6.07, 6.45) is 1.80. The van der Waals surface area contributed by atoms with Crippen LogP contribution in [-0.2, 0) is 0 Å². The summed E-state index contributed by atoms with van der Waals surface area (Å²) in [6, 6.07) is 6.91. The van der Waals surface area contributed by atoms with E-state index in [1.54, 1.807) is 6.07 Å². The number of halogens is 4. The maximum absolute atomic E-state index is 16.9. The predicted octanol–water partition coefficient (Wildman–Crippen LogP) is 6.29. The van der Waals surface area contributed by atoms with Crippen LogP contribution in [0.5, 0.6) is 6.01 Å². The molecule has 3 saturated heterocycles. The summed E-state index contributed by atoms with van der Waals surface area (Å²) < 4.78 is 51.8. The molecule has 0 amide bonds. The fraction of sp³-hybridized carbons (Fsp3) is 0.469. The van der Waals surface area contributed by atoms with Crippen LogP contribution in [0.1, 0.15) is 38.7 Å². The number of anilines is 2. The zero-order chi connectivity index (χ0) is 31.6. The molecule has 3 atom stereocenters. The SMILES string of the molecule is CC(C)(COc1nc(N2CC3CCC(C2)N3)c2cc(Cl)c(-c3ccc(F)c4sc(N)c(C#N)c34)c(F)c2n1)CN1CC[C@@H](F)C1. The number of rotatable bonds is 7. The summed E-state index contributed by atoms with van der Waals surface area (Å²) in [4.78, 5) is 13.6. The Bertz CT molecular complexity index is 1850. The number of alkyl halides is 1. The first-order valence-electron chi connectivity index (χ1n) is 15.1. The third-order valence-corrected chi connectivity index (χ3v) is 10.3. The first-order chi connectivity index (χ1) is 21.5. The van der Waals surface area contributed by atoms with Crippen molar-refractivity contribution in [3.63, 3.8) is 0 Å². The second-order valence-corrected chi connectivity index (χ2v) is 14.6. The zero-order valence-electron chi connectivity index (χ0n) is 25.0. The van der Waals surface area contributed by atoms with Crippen LogP contribution in [0.3, 0.4) is 0 Å². The number of nitrogens with two attached hydrogens (primary N) is 1. The van der Waals surface area contributed by atoms with Crippen molar-refractivity contribution in [3.05, 3.63) is 40.4 Å². The molecule has 8 nitrogen and oxygen atoms in total. The van der Waals surface area contributed by atoms with Crippen LogP contribution in [0, 0.1) is 28.4 Å². The Morgan fingerprint density at radius 3 is 2.62 bits per heavy atom. The number of nitrogen functional groups attached to an aromatic ring is 1. The number of hydrogen-bond acceptors (Lipinski definition) is 9. The van der Waals surface area contributed by atoms with Gasteiger partial charge in [0, 0.05) is 66.6 Å². The van der Waals surface area contributed by atoms with E-state index in [2.05, 4.69) is 20.1 Å². The normalized spacial score (nSPS) is 22.1. The molecule has 2 bridgehead atoms. The average Bonchev–Trinajstić information content (AvgIpc) is 3.67. The summed E-state index contributed by atoms with van der Waals surface area (Å²) in [7, 11) is 0. The van der Waals surface area contributed by atoms with Crippen LogP contribution in [0.15, 0.2) is 18.2 Å². The molecule has 0 spiro atoms. The second-order valence-electron chi connectivity index (χ2n) is 13.1. The third-order valence-electron chi connectivity index (χ3n) is 9.02. The van der Waals surface area contributed by atoms with Gasteiger partial charge in [-0.3, -0.25) is 4.90 Å². The lowest BCUT2D eigenvalue weighted by atomic mass is 9.94. The number of fused-ring (bicyclic) bond motifs is 4. The molecule has 3 aliphatic heterocycles. The number of hydrogen-bond donors (Lipinski definition) is 2. The fourth-order valence-electron chi connectivity index (χ4n) is 7.03. The molecule has 3 N–H and O–H groups in total. The van der Waals surface area contributed by atoms with E-state index in [4.69, 9.17) is 27.1 Å². The Labute approximate surface area is 267 Å². The number of aromatic nitrogens is 2. The minimum Gasteiger partial charge on any atom is -0.463 e. The molecule has 2 unspecified atom stereocenters. The van der Waals surface area contributed by atoms with Crippen molar-refractivity contribution in [1.29, 1.82) is 5.26 Å². The molecule has 5 heterocycles. The molecule has 3 fully saturated rings. The maximum Gasteiger partial charge on any atom is 0.319 e. The highest BCUT2D eigenvalue weighted by Crippen LogP contribution is 2.46. The maximum atomic E-state index is 16.9. The third kappa shape index (κ3) is 5.54. The Hall–Kier alpha value is -3.37. The topological polar surface area (TPSA) is 103 Å². The van der Waals surface area contributed by atoms with Gasteiger partial charge in [0.05, 0.1) is 21.9 Å². The Kier molecular flexibility index (Phi) is 7.71. The predicted molar refractivity (Wildman–Crippen MR) is 172 cm³/mol. The molecule has 2 aromatic carbocycles. The van der Waals surface area contributed by atoms with E-state index in [0.717, 1.165) is 24.2 Å². The molecule has 0 radical (unpaired) electrons. The monoisotopic (exact) mass is 655 g/mol. The number of piperazine rings is 1. The highest BCUT2D eigenvalue weighted by molar-refractivity contribution is 7.23. The Morgan fingerprint density at radius 1 is 1.18 bits per heavy atom. The fourth-order valence-corrected chi connectivity index (χ4v) is 8.27. The highest BCUT2D eigenvalue weighted by Gasteiger charge is 2.35. The van der Waals surface area contributed by atoms with Gasteiger partial charge in [0.2, 0.25) is 0 Å². The van der Waals surface area contributed by atoms with Crippen molar-refractivity contribution < 1.29 is 17.9 Å². The number of nitrogens with one attached hydrogen (secondary N) is 1. The molecule has 4 aromatic rings. The summed E-state index contributed by atoms with van der Waals surface area (Å²) >= 11 is 7.76. The number of thiophene rings is 1. The van der Waals surface area contributed by atoms with Gasteiger partial charge in [0.15, 0.2) is 5.82 Å². The molecule has 236 valence electrons. The summed E-state index contributed by atoms with van der Waals surface area (Å²) in [6.45, 7) is 7.41. The highest BCUT2D eigenvalue weighted by atomic mass is 35.5. The second kappa shape index (κ2) is 11.5. The first kappa shape index (κ1) is 30.3. The van der Waals surface area contributed by atoms with E-state index in [0.29, 0.717) is 50.3 Å². The Morgan fingerprint density at radius 2 is 1.93 bits per heavy atom. The van der Waals surface area contributed by atoms with Crippen molar-refractivity contribution >= 4 is 54.7 Å². The van der Waals surface area contributed by atoms with Gasteiger partial charge < -0.3 is 20.7 Å². The van der Waals surface area contributed by atoms with E-state index in [9.17, 15) is 14.0 Å². The minimum atomic E-state index is -0.816. The van der Waals surface area contributed by atoms with Gasteiger partial charge in [-0.15, -0.1) is 11.3 Å². The van der Waals surface area contributed by atoms with Crippen molar-refractivity contribution in [2.24, 2.45) is 5.41 Å². The molecule has 13 heteroatoms. The van der Waals surface area contributed by atoms with Crippen LogP contribution >= 0.6 is 22.9 Å². The molecular formula is C32H33ClF3N7OS. The summed E-state index contributed by atoms with van der Waals surface area (Å²) in [5.41, 5.74) is 6.03. The van der Waals surface area contributed by atoms with Gasteiger partial charge in [0.1, 0.15) is 34.4 Å².